The van der Waals surface area contributed by atoms with Crippen molar-refractivity contribution in [3.05, 3.63) is 29.8 Å². The molecule has 0 saturated carbocycles. The fourth-order valence-corrected chi connectivity index (χ4v) is 2.92. The van der Waals surface area contributed by atoms with Crippen LogP contribution >= 0.6 is 0 Å². The van der Waals surface area contributed by atoms with Crippen LogP contribution in [0.5, 0.6) is 5.75 Å². The topological polar surface area (TPSA) is 58.6 Å². The number of aromatic hydroxyl groups is 1. The summed E-state index contributed by atoms with van der Waals surface area (Å²) in [6.07, 6.45) is 4.25. The molecule has 0 amide bonds. The largest absolute Gasteiger partial charge is 0.508 e. The first-order valence-electron chi connectivity index (χ1n) is 6.47. The number of carbonyl (C=O) groups is 1. The second-order valence-electron chi connectivity index (χ2n) is 5.18. The minimum absolute atomic E-state index is 0.0325. The maximum absolute atomic E-state index is 11.9. The van der Waals surface area contributed by atoms with Crippen molar-refractivity contribution in [1.29, 1.82) is 0 Å². The fourth-order valence-electron chi connectivity index (χ4n) is 2.92. The van der Waals surface area contributed by atoms with E-state index in [0.717, 1.165) is 12.8 Å². The second kappa shape index (κ2) is 4.61. The Kier molecular flexibility index (Phi) is 2.96. The Hall–Kier alpha value is -1.55. The summed E-state index contributed by atoms with van der Waals surface area (Å²) in [7, 11) is 0. The summed E-state index contributed by atoms with van der Waals surface area (Å²) in [5, 5.41) is 12.7. The molecule has 96 valence electrons. The van der Waals surface area contributed by atoms with E-state index in [2.05, 4.69) is 5.32 Å². The fraction of sp³-hybridized carbons (Fsp3) is 0.500. The molecule has 1 aromatic carbocycles. The minimum atomic E-state index is -0.290. The minimum Gasteiger partial charge on any atom is -0.508 e. The molecular weight excluding hydrogens is 230 g/mol. The SMILES string of the molecule is O=C(OC1C[C@H]2CC[C@@H](C1)N2)c1ccc(O)cc1. The quantitative estimate of drug-likeness (QED) is 0.783. The van der Waals surface area contributed by atoms with Gasteiger partial charge in [-0.1, -0.05) is 0 Å². The molecule has 0 aliphatic carbocycles. The van der Waals surface area contributed by atoms with Gasteiger partial charge in [0.2, 0.25) is 0 Å². The van der Waals surface area contributed by atoms with Crippen LogP contribution in [-0.2, 0) is 4.74 Å². The zero-order valence-corrected chi connectivity index (χ0v) is 10.1. The molecule has 0 spiro atoms. The van der Waals surface area contributed by atoms with Gasteiger partial charge < -0.3 is 15.2 Å². The smallest absolute Gasteiger partial charge is 0.338 e. The average molecular weight is 247 g/mol. The van der Waals surface area contributed by atoms with Crippen molar-refractivity contribution in [3.63, 3.8) is 0 Å². The molecule has 4 nitrogen and oxygen atoms in total. The first-order chi connectivity index (χ1) is 8.70. The van der Waals surface area contributed by atoms with Crippen molar-refractivity contribution in [2.24, 2.45) is 0 Å². The van der Waals surface area contributed by atoms with E-state index in [9.17, 15) is 9.90 Å². The van der Waals surface area contributed by atoms with Gasteiger partial charge in [0, 0.05) is 12.1 Å². The van der Waals surface area contributed by atoms with Crippen molar-refractivity contribution < 1.29 is 14.6 Å². The Morgan fingerprint density at radius 3 is 2.39 bits per heavy atom. The van der Waals surface area contributed by atoms with Crippen LogP contribution in [0, 0.1) is 0 Å². The van der Waals surface area contributed by atoms with E-state index in [1.54, 1.807) is 12.1 Å². The summed E-state index contributed by atoms with van der Waals surface area (Å²) < 4.78 is 5.54. The van der Waals surface area contributed by atoms with Crippen LogP contribution in [0.2, 0.25) is 0 Å². The highest BCUT2D eigenvalue weighted by Crippen LogP contribution is 2.29. The average Bonchev–Trinajstić information content (AvgIpc) is 2.69. The van der Waals surface area contributed by atoms with Crippen LogP contribution in [0.15, 0.2) is 24.3 Å². The van der Waals surface area contributed by atoms with E-state index in [1.807, 2.05) is 0 Å². The molecule has 2 saturated heterocycles. The zero-order chi connectivity index (χ0) is 12.5. The van der Waals surface area contributed by atoms with Crippen LogP contribution in [0.25, 0.3) is 0 Å². The highest BCUT2D eigenvalue weighted by Gasteiger charge is 2.35. The van der Waals surface area contributed by atoms with Crippen molar-refractivity contribution >= 4 is 5.97 Å². The number of hydrogen-bond acceptors (Lipinski definition) is 4. The number of carbonyl (C=O) groups excluding carboxylic acids is 1. The van der Waals surface area contributed by atoms with E-state index < -0.39 is 0 Å². The highest BCUT2D eigenvalue weighted by atomic mass is 16.5. The van der Waals surface area contributed by atoms with E-state index in [0.29, 0.717) is 17.6 Å². The number of phenolic OH excluding ortho intramolecular Hbond substituents is 1. The third-order valence-electron chi connectivity index (χ3n) is 3.81. The number of piperidine rings is 1. The molecule has 0 aromatic heterocycles. The molecule has 18 heavy (non-hydrogen) atoms. The number of benzene rings is 1. The number of nitrogens with one attached hydrogen (secondary N) is 1. The summed E-state index contributed by atoms with van der Waals surface area (Å²) in [6.45, 7) is 0. The summed E-state index contributed by atoms with van der Waals surface area (Å²) >= 11 is 0. The third kappa shape index (κ3) is 2.34. The molecule has 0 radical (unpaired) electrons. The van der Waals surface area contributed by atoms with Gasteiger partial charge in [-0.3, -0.25) is 0 Å². The van der Waals surface area contributed by atoms with Gasteiger partial charge in [-0.2, -0.15) is 0 Å². The Morgan fingerprint density at radius 2 is 1.78 bits per heavy atom. The Bertz CT molecular complexity index is 431. The molecule has 4 heteroatoms. The zero-order valence-electron chi connectivity index (χ0n) is 10.1. The third-order valence-corrected chi connectivity index (χ3v) is 3.81. The molecule has 2 fully saturated rings. The van der Waals surface area contributed by atoms with Gasteiger partial charge >= 0.3 is 5.97 Å². The Balaban J connectivity index is 1.62. The van der Waals surface area contributed by atoms with Crippen molar-refractivity contribution in [1.82, 2.24) is 5.32 Å². The van der Waals surface area contributed by atoms with Crippen LogP contribution in [0.1, 0.15) is 36.0 Å². The number of hydrogen-bond donors (Lipinski definition) is 2. The molecule has 3 atom stereocenters. The summed E-state index contributed by atoms with van der Waals surface area (Å²) in [5.41, 5.74) is 0.499. The summed E-state index contributed by atoms with van der Waals surface area (Å²) in [6, 6.07) is 7.22. The van der Waals surface area contributed by atoms with Crippen LogP contribution in [0.3, 0.4) is 0 Å². The summed E-state index contributed by atoms with van der Waals surface area (Å²) in [5.74, 6) is -0.132. The van der Waals surface area contributed by atoms with Crippen LogP contribution in [-0.4, -0.2) is 29.3 Å². The van der Waals surface area contributed by atoms with Gasteiger partial charge in [-0.25, -0.2) is 4.79 Å². The maximum atomic E-state index is 11.9. The van der Waals surface area contributed by atoms with Gasteiger partial charge in [0.25, 0.3) is 0 Å². The molecule has 1 aromatic rings. The maximum Gasteiger partial charge on any atom is 0.338 e. The number of fused-ring (bicyclic) bond motifs is 2. The van der Waals surface area contributed by atoms with E-state index in [4.69, 9.17) is 4.74 Å². The van der Waals surface area contributed by atoms with Gasteiger partial charge in [0.1, 0.15) is 11.9 Å². The van der Waals surface area contributed by atoms with Gasteiger partial charge in [0.15, 0.2) is 0 Å². The monoisotopic (exact) mass is 247 g/mol. The lowest BCUT2D eigenvalue weighted by Crippen LogP contribution is -2.42. The first kappa shape index (κ1) is 11.5. The lowest BCUT2D eigenvalue weighted by Gasteiger charge is -2.28. The molecule has 1 unspecified atom stereocenters. The standard InChI is InChI=1S/C14H17NO3/c16-12-5-1-9(2-6-12)14(17)18-13-7-10-3-4-11(8-13)15-10/h1-2,5-6,10-11,13,15-16H,3-4,7-8H2/t10-,11+,13?. The van der Waals surface area contributed by atoms with Crippen molar-refractivity contribution in [3.8, 4) is 5.75 Å². The molecule has 2 heterocycles. The molecule has 2 bridgehead atoms. The van der Waals surface area contributed by atoms with Gasteiger partial charge in [-0.05, 0) is 49.9 Å². The van der Waals surface area contributed by atoms with Gasteiger partial charge in [-0.15, -0.1) is 0 Å². The number of phenols is 1. The van der Waals surface area contributed by atoms with Crippen molar-refractivity contribution in [2.45, 2.75) is 43.9 Å². The van der Waals surface area contributed by atoms with Crippen molar-refractivity contribution in [2.75, 3.05) is 0 Å². The highest BCUT2D eigenvalue weighted by molar-refractivity contribution is 5.89. The summed E-state index contributed by atoms with van der Waals surface area (Å²) in [4.78, 5) is 11.9. The molecule has 2 N–H and O–H groups in total. The lowest BCUT2D eigenvalue weighted by atomic mass is 10.0. The first-order valence-corrected chi connectivity index (χ1v) is 6.47. The molecular formula is C14H17NO3. The normalized spacial score (nSPS) is 30.1. The van der Waals surface area contributed by atoms with E-state index in [-0.39, 0.29) is 17.8 Å². The molecule has 3 rings (SSSR count). The van der Waals surface area contributed by atoms with Gasteiger partial charge in [0.05, 0.1) is 5.56 Å². The van der Waals surface area contributed by atoms with Crippen LogP contribution < -0.4 is 5.32 Å². The predicted octanol–water partition coefficient (Wildman–Crippen LogP) is 1.83. The predicted molar refractivity (Wildman–Crippen MR) is 66.5 cm³/mol. The molecule has 2 aliphatic heterocycles. The van der Waals surface area contributed by atoms with E-state index in [1.165, 1.54) is 25.0 Å². The lowest BCUT2D eigenvalue weighted by molar-refractivity contribution is 0.0177. The second-order valence-corrected chi connectivity index (χ2v) is 5.18. The number of ether oxygens (including phenoxy) is 1. The Labute approximate surface area is 106 Å². The number of esters is 1. The van der Waals surface area contributed by atoms with E-state index >= 15 is 0 Å². The molecule has 2 aliphatic rings. The number of rotatable bonds is 2. The Morgan fingerprint density at radius 1 is 1.17 bits per heavy atom. The van der Waals surface area contributed by atoms with Crippen LogP contribution in [0.4, 0.5) is 0 Å².